The zero-order valence-corrected chi connectivity index (χ0v) is 14.3. The third-order valence-corrected chi connectivity index (χ3v) is 5.04. The second-order valence-electron chi connectivity index (χ2n) is 5.70. The van der Waals surface area contributed by atoms with Crippen molar-refractivity contribution in [2.75, 3.05) is 11.6 Å². The summed E-state index contributed by atoms with van der Waals surface area (Å²) in [6.45, 7) is 0.475. The molecular formula is C18H16N2O4S. The highest BCUT2D eigenvalue weighted by atomic mass is 32.2. The summed E-state index contributed by atoms with van der Waals surface area (Å²) in [6, 6.07) is 17.9. The van der Waals surface area contributed by atoms with Gasteiger partial charge in [0.05, 0.1) is 4.92 Å². The molecule has 25 heavy (non-hydrogen) atoms. The van der Waals surface area contributed by atoms with Gasteiger partial charge in [0, 0.05) is 24.6 Å². The molecular weight excluding hydrogens is 340 g/mol. The zero-order valence-electron chi connectivity index (χ0n) is 13.5. The molecule has 0 spiro atoms. The number of anilines is 1. The number of hydrogen-bond donors (Lipinski definition) is 1. The van der Waals surface area contributed by atoms with Crippen molar-refractivity contribution >= 4 is 32.0 Å². The smallest absolute Gasteiger partial charge is 0.288 e. The van der Waals surface area contributed by atoms with Crippen molar-refractivity contribution in [2.24, 2.45) is 0 Å². The average Bonchev–Trinajstić information content (AvgIpc) is 2.58. The lowest BCUT2D eigenvalue weighted by Crippen LogP contribution is -2.05. The van der Waals surface area contributed by atoms with E-state index in [9.17, 15) is 18.5 Å². The van der Waals surface area contributed by atoms with Crippen LogP contribution in [0.1, 0.15) is 5.56 Å². The molecule has 0 aliphatic rings. The molecule has 128 valence electrons. The van der Waals surface area contributed by atoms with E-state index >= 15 is 0 Å². The number of sulfone groups is 1. The molecule has 0 saturated heterocycles. The van der Waals surface area contributed by atoms with Crippen LogP contribution in [0.15, 0.2) is 65.6 Å². The third kappa shape index (κ3) is 3.61. The molecule has 0 atom stereocenters. The molecule has 6 nitrogen and oxygen atoms in total. The Hall–Kier alpha value is -2.93. The maximum absolute atomic E-state index is 11.8. The summed E-state index contributed by atoms with van der Waals surface area (Å²) in [5.74, 6) is 0. The molecule has 3 rings (SSSR count). The van der Waals surface area contributed by atoms with Gasteiger partial charge in [0.25, 0.3) is 5.69 Å². The Kier molecular flexibility index (Phi) is 4.41. The first kappa shape index (κ1) is 16.9. The van der Waals surface area contributed by atoms with Crippen molar-refractivity contribution in [3.8, 4) is 0 Å². The van der Waals surface area contributed by atoms with Gasteiger partial charge in [-0.3, -0.25) is 10.1 Å². The van der Waals surface area contributed by atoms with Crippen LogP contribution in [0.2, 0.25) is 0 Å². The quantitative estimate of drug-likeness (QED) is 0.555. The lowest BCUT2D eigenvalue weighted by atomic mass is 10.0. The third-order valence-electron chi connectivity index (χ3n) is 3.92. The Labute approximate surface area is 145 Å². The Bertz CT molecular complexity index is 1060. The minimum atomic E-state index is -3.70. The molecule has 0 radical (unpaired) electrons. The van der Waals surface area contributed by atoms with Crippen LogP contribution in [0.4, 0.5) is 11.4 Å². The summed E-state index contributed by atoms with van der Waals surface area (Å²) >= 11 is 0. The van der Waals surface area contributed by atoms with Crippen LogP contribution in [-0.2, 0) is 16.4 Å². The molecule has 0 saturated carbocycles. The molecule has 0 fully saturated rings. The number of benzene rings is 3. The van der Waals surface area contributed by atoms with Gasteiger partial charge in [-0.25, -0.2) is 8.42 Å². The lowest BCUT2D eigenvalue weighted by molar-refractivity contribution is -0.387. The molecule has 7 heteroatoms. The van der Waals surface area contributed by atoms with E-state index in [0.717, 1.165) is 22.6 Å². The van der Waals surface area contributed by atoms with Gasteiger partial charge in [-0.1, -0.05) is 42.5 Å². The van der Waals surface area contributed by atoms with Gasteiger partial charge in [-0.2, -0.15) is 0 Å². The van der Waals surface area contributed by atoms with Gasteiger partial charge in [0.1, 0.15) is 4.90 Å². The van der Waals surface area contributed by atoms with Gasteiger partial charge in [0.2, 0.25) is 0 Å². The van der Waals surface area contributed by atoms with Crippen molar-refractivity contribution in [2.45, 2.75) is 11.4 Å². The highest BCUT2D eigenvalue weighted by molar-refractivity contribution is 7.90. The highest BCUT2D eigenvalue weighted by Gasteiger charge is 2.22. The number of hydrogen-bond acceptors (Lipinski definition) is 5. The lowest BCUT2D eigenvalue weighted by Gasteiger charge is -2.10. The van der Waals surface area contributed by atoms with Crippen LogP contribution in [0.3, 0.4) is 0 Å². The van der Waals surface area contributed by atoms with Crippen molar-refractivity contribution in [1.82, 2.24) is 0 Å². The zero-order chi connectivity index (χ0) is 18.0. The number of nitrogens with zero attached hydrogens (tertiary/aromatic N) is 1. The van der Waals surface area contributed by atoms with E-state index in [1.165, 1.54) is 18.2 Å². The van der Waals surface area contributed by atoms with Gasteiger partial charge < -0.3 is 5.32 Å². The van der Waals surface area contributed by atoms with Crippen LogP contribution in [0.5, 0.6) is 0 Å². The van der Waals surface area contributed by atoms with Crippen LogP contribution in [-0.4, -0.2) is 19.6 Å². The van der Waals surface area contributed by atoms with E-state index in [1.807, 2.05) is 42.5 Å². The number of fused-ring (bicyclic) bond motifs is 1. The normalized spacial score (nSPS) is 11.4. The van der Waals surface area contributed by atoms with E-state index in [4.69, 9.17) is 0 Å². The first-order chi connectivity index (χ1) is 11.9. The standard InChI is InChI=1S/C18H16N2O4S/c1-25(23,24)18-11-15(9-10-17(18)20(21)22)19-12-14-7-4-6-13-5-2-3-8-16(13)14/h2-11,19H,12H2,1H3. The predicted molar refractivity (Wildman–Crippen MR) is 97.5 cm³/mol. The topological polar surface area (TPSA) is 89.3 Å². The minimum Gasteiger partial charge on any atom is -0.381 e. The van der Waals surface area contributed by atoms with E-state index in [0.29, 0.717) is 12.2 Å². The summed E-state index contributed by atoms with van der Waals surface area (Å²) in [6.07, 6.45) is 0.962. The van der Waals surface area contributed by atoms with Crippen LogP contribution in [0.25, 0.3) is 10.8 Å². The fourth-order valence-corrected chi connectivity index (χ4v) is 3.58. The molecule has 0 amide bonds. The molecule has 0 bridgehead atoms. The predicted octanol–water partition coefficient (Wildman–Crippen LogP) is 3.76. The van der Waals surface area contributed by atoms with Gasteiger partial charge >= 0.3 is 0 Å². The van der Waals surface area contributed by atoms with E-state index in [1.54, 1.807) is 0 Å². The molecule has 3 aromatic carbocycles. The van der Waals surface area contributed by atoms with Gasteiger partial charge in [-0.15, -0.1) is 0 Å². The molecule has 0 aromatic heterocycles. The van der Waals surface area contributed by atoms with Crippen molar-refractivity contribution < 1.29 is 13.3 Å². The van der Waals surface area contributed by atoms with Crippen LogP contribution in [0, 0.1) is 10.1 Å². The maximum Gasteiger partial charge on any atom is 0.288 e. The largest absolute Gasteiger partial charge is 0.381 e. The number of nitro benzene ring substituents is 1. The highest BCUT2D eigenvalue weighted by Crippen LogP contribution is 2.27. The molecule has 0 unspecified atom stereocenters. The number of rotatable bonds is 5. The number of nitro groups is 1. The summed E-state index contributed by atoms with van der Waals surface area (Å²) in [5.41, 5.74) is 1.15. The monoisotopic (exact) mass is 356 g/mol. The van der Waals surface area contributed by atoms with Crippen molar-refractivity contribution in [3.63, 3.8) is 0 Å². The first-order valence-corrected chi connectivity index (χ1v) is 9.44. The molecule has 0 aliphatic carbocycles. The summed E-state index contributed by atoms with van der Waals surface area (Å²) < 4.78 is 23.7. The number of nitrogens with one attached hydrogen (secondary N) is 1. The Balaban J connectivity index is 1.92. The fourth-order valence-electron chi connectivity index (χ4n) is 2.72. The molecule has 3 aromatic rings. The Morgan fingerprint density at radius 2 is 1.76 bits per heavy atom. The summed E-state index contributed by atoms with van der Waals surface area (Å²) in [7, 11) is -3.70. The molecule has 1 N–H and O–H groups in total. The van der Waals surface area contributed by atoms with E-state index in [-0.39, 0.29) is 4.90 Å². The van der Waals surface area contributed by atoms with Crippen LogP contribution >= 0.6 is 0 Å². The summed E-state index contributed by atoms with van der Waals surface area (Å²) in [4.78, 5) is 10.0. The van der Waals surface area contributed by atoms with Gasteiger partial charge in [-0.05, 0) is 28.5 Å². The first-order valence-electron chi connectivity index (χ1n) is 7.55. The van der Waals surface area contributed by atoms with Crippen LogP contribution < -0.4 is 5.32 Å². The molecule has 0 heterocycles. The minimum absolute atomic E-state index is 0.291. The second-order valence-corrected chi connectivity index (χ2v) is 7.69. The fraction of sp³-hybridized carbons (Fsp3) is 0.111. The Morgan fingerprint density at radius 1 is 1.04 bits per heavy atom. The maximum atomic E-state index is 11.8. The SMILES string of the molecule is CS(=O)(=O)c1cc(NCc2cccc3ccccc23)ccc1[N+](=O)[O-]. The van der Waals surface area contributed by atoms with E-state index < -0.39 is 20.4 Å². The van der Waals surface area contributed by atoms with Crippen molar-refractivity contribution in [1.29, 1.82) is 0 Å². The second kappa shape index (κ2) is 6.52. The molecule has 0 aliphatic heterocycles. The van der Waals surface area contributed by atoms with Gasteiger partial charge in [0.15, 0.2) is 9.84 Å². The average molecular weight is 356 g/mol. The Morgan fingerprint density at radius 3 is 2.48 bits per heavy atom. The van der Waals surface area contributed by atoms with Crippen molar-refractivity contribution in [3.05, 3.63) is 76.3 Å². The van der Waals surface area contributed by atoms with E-state index in [2.05, 4.69) is 5.32 Å². The summed E-state index contributed by atoms with van der Waals surface area (Å²) in [5, 5.41) is 16.4.